The molecule has 0 aliphatic heterocycles. The van der Waals surface area contributed by atoms with Crippen LogP contribution in [0.4, 0.5) is 5.95 Å². The molecule has 0 saturated carbocycles. The summed E-state index contributed by atoms with van der Waals surface area (Å²) < 4.78 is 1.90. The summed E-state index contributed by atoms with van der Waals surface area (Å²) in [5.41, 5.74) is 5.41. The lowest BCUT2D eigenvalue weighted by Crippen LogP contribution is -2.32. The topological polar surface area (TPSA) is 85.8 Å². The van der Waals surface area contributed by atoms with Gasteiger partial charge in [-0.3, -0.25) is 4.79 Å². The second-order valence-electron chi connectivity index (χ2n) is 3.15. The lowest BCUT2D eigenvalue weighted by atomic mass is 10.3. The third-order valence-electron chi connectivity index (χ3n) is 1.90. The second kappa shape index (κ2) is 5.11. The van der Waals surface area contributed by atoms with E-state index in [2.05, 4.69) is 31.3 Å². The van der Waals surface area contributed by atoms with Gasteiger partial charge in [-0.05, 0) is 29.3 Å². The molecule has 0 spiro atoms. The molecular weight excluding hydrogens is 262 g/mol. The fourth-order valence-electron chi connectivity index (χ4n) is 1.07. The zero-order chi connectivity index (χ0) is 11.4. The zero-order valence-electron chi connectivity index (χ0n) is 8.70. The monoisotopic (exact) mass is 275 g/mol. The van der Waals surface area contributed by atoms with Crippen LogP contribution in [0.15, 0.2) is 4.73 Å². The number of nitrogens with two attached hydrogens (primary N) is 1. The highest BCUT2D eigenvalue weighted by atomic mass is 79.9. The summed E-state index contributed by atoms with van der Waals surface area (Å²) in [5, 5.41) is 6.69. The molecule has 1 aromatic rings. The van der Waals surface area contributed by atoms with Gasteiger partial charge in [0.1, 0.15) is 6.04 Å². The number of hydrogen-bond acceptors (Lipinski definition) is 4. The number of rotatable bonds is 4. The van der Waals surface area contributed by atoms with E-state index in [4.69, 9.17) is 5.73 Å². The van der Waals surface area contributed by atoms with Crippen molar-refractivity contribution in [2.75, 3.05) is 12.3 Å². The van der Waals surface area contributed by atoms with Crippen molar-refractivity contribution in [3.05, 3.63) is 4.73 Å². The zero-order valence-corrected chi connectivity index (χ0v) is 10.3. The first-order valence-corrected chi connectivity index (χ1v) is 5.50. The summed E-state index contributed by atoms with van der Waals surface area (Å²) in [7, 11) is 0. The van der Waals surface area contributed by atoms with Gasteiger partial charge in [-0.15, -0.1) is 5.10 Å². The van der Waals surface area contributed by atoms with Crippen molar-refractivity contribution in [1.82, 2.24) is 20.1 Å². The Balaban J connectivity index is 2.71. The van der Waals surface area contributed by atoms with Gasteiger partial charge < -0.3 is 11.1 Å². The summed E-state index contributed by atoms with van der Waals surface area (Å²) in [6.45, 7) is 4.39. The Hall–Kier alpha value is -1.11. The molecule has 1 rings (SSSR count). The Morgan fingerprint density at radius 3 is 2.87 bits per heavy atom. The summed E-state index contributed by atoms with van der Waals surface area (Å²) in [6.07, 6.45) is 0.902. The minimum absolute atomic E-state index is 0.0950. The van der Waals surface area contributed by atoms with Gasteiger partial charge in [0.2, 0.25) is 11.9 Å². The number of aromatic nitrogens is 3. The number of hydrogen-bond donors (Lipinski definition) is 2. The number of anilines is 1. The van der Waals surface area contributed by atoms with Crippen molar-refractivity contribution in [2.24, 2.45) is 0 Å². The standard InChI is InChI=1S/C8H14BrN5O/c1-3-4-11-6(15)5(2)14-7(9)12-8(10)13-14/h5H,3-4H2,1-2H3,(H2,10,13)(H,11,15). The number of carbonyl (C=O) groups is 1. The van der Waals surface area contributed by atoms with Crippen LogP contribution in [0.25, 0.3) is 0 Å². The Kier molecular flexibility index (Phi) is 4.07. The molecular formula is C8H14BrN5O. The van der Waals surface area contributed by atoms with E-state index in [-0.39, 0.29) is 11.9 Å². The van der Waals surface area contributed by atoms with E-state index in [9.17, 15) is 4.79 Å². The molecule has 1 heterocycles. The van der Waals surface area contributed by atoms with Crippen LogP contribution in [0.1, 0.15) is 26.3 Å². The highest BCUT2D eigenvalue weighted by molar-refractivity contribution is 9.10. The predicted molar refractivity (Wildman–Crippen MR) is 60.1 cm³/mol. The van der Waals surface area contributed by atoms with Crippen molar-refractivity contribution in [1.29, 1.82) is 0 Å². The number of halogens is 1. The van der Waals surface area contributed by atoms with E-state index in [1.807, 2.05) is 6.92 Å². The number of nitrogen functional groups attached to an aromatic ring is 1. The van der Waals surface area contributed by atoms with Crippen LogP contribution in [0.2, 0.25) is 0 Å². The van der Waals surface area contributed by atoms with Gasteiger partial charge in [0.05, 0.1) is 0 Å². The fraction of sp³-hybridized carbons (Fsp3) is 0.625. The lowest BCUT2D eigenvalue weighted by molar-refractivity contribution is -0.124. The number of nitrogens with one attached hydrogen (secondary N) is 1. The maximum absolute atomic E-state index is 11.6. The van der Waals surface area contributed by atoms with Crippen LogP contribution in [0, 0.1) is 0 Å². The molecule has 3 N–H and O–H groups in total. The van der Waals surface area contributed by atoms with E-state index in [1.165, 1.54) is 4.68 Å². The predicted octanol–water partition coefficient (Wildman–Crippen LogP) is 0.710. The first-order valence-electron chi connectivity index (χ1n) is 4.71. The Morgan fingerprint density at radius 2 is 2.40 bits per heavy atom. The van der Waals surface area contributed by atoms with E-state index in [0.29, 0.717) is 11.3 Å². The Bertz CT molecular complexity index is 351. The van der Waals surface area contributed by atoms with Crippen molar-refractivity contribution >= 4 is 27.8 Å². The molecule has 0 bridgehead atoms. The van der Waals surface area contributed by atoms with Crippen LogP contribution in [-0.4, -0.2) is 27.2 Å². The normalized spacial score (nSPS) is 12.5. The highest BCUT2D eigenvalue weighted by Gasteiger charge is 2.18. The minimum atomic E-state index is -0.421. The molecule has 7 heteroatoms. The number of nitrogens with zero attached hydrogens (tertiary/aromatic N) is 3. The maximum atomic E-state index is 11.6. The molecule has 0 radical (unpaired) electrons. The van der Waals surface area contributed by atoms with Crippen LogP contribution in [0.5, 0.6) is 0 Å². The van der Waals surface area contributed by atoms with E-state index >= 15 is 0 Å². The molecule has 15 heavy (non-hydrogen) atoms. The van der Waals surface area contributed by atoms with Crippen LogP contribution in [-0.2, 0) is 4.79 Å². The SMILES string of the molecule is CCCNC(=O)C(C)n1nc(N)nc1Br. The van der Waals surface area contributed by atoms with E-state index in [0.717, 1.165) is 6.42 Å². The molecule has 1 atom stereocenters. The first-order chi connectivity index (χ1) is 7.06. The molecule has 1 aromatic heterocycles. The van der Waals surface area contributed by atoms with Gasteiger partial charge in [-0.2, -0.15) is 4.98 Å². The van der Waals surface area contributed by atoms with Gasteiger partial charge in [-0.25, -0.2) is 4.68 Å². The van der Waals surface area contributed by atoms with Crippen LogP contribution >= 0.6 is 15.9 Å². The fourth-order valence-corrected chi connectivity index (χ4v) is 1.64. The van der Waals surface area contributed by atoms with Gasteiger partial charge in [0, 0.05) is 6.54 Å². The van der Waals surface area contributed by atoms with Crippen molar-refractivity contribution in [3.8, 4) is 0 Å². The van der Waals surface area contributed by atoms with Crippen molar-refractivity contribution < 1.29 is 4.79 Å². The Morgan fingerprint density at radius 1 is 1.73 bits per heavy atom. The van der Waals surface area contributed by atoms with Crippen LogP contribution in [0.3, 0.4) is 0 Å². The smallest absolute Gasteiger partial charge is 0.244 e. The third kappa shape index (κ3) is 2.92. The molecule has 1 amide bonds. The highest BCUT2D eigenvalue weighted by Crippen LogP contribution is 2.14. The average molecular weight is 276 g/mol. The largest absolute Gasteiger partial charge is 0.366 e. The summed E-state index contributed by atoms with van der Waals surface area (Å²) in [6, 6.07) is -0.421. The quantitative estimate of drug-likeness (QED) is 0.848. The number of amides is 1. The molecule has 84 valence electrons. The first kappa shape index (κ1) is 12.0. The average Bonchev–Trinajstić information content (AvgIpc) is 2.53. The summed E-state index contributed by atoms with van der Waals surface area (Å²) in [5.74, 6) is 0.0551. The Labute approximate surface area is 96.4 Å². The number of carbonyl (C=O) groups excluding carboxylic acids is 1. The summed E-state index contributed by atoms with van der Waals surface area (Å²) >= 11 is 3.18. The molecule has 6 nitrogen and oxygen atoms in total. The molecule has 1 unspecified atom stereocenters. The molecule has 0 aliphatic rings. The molecule has 0 aliphatic carbocycles. The van der Waals surface area contributed by atoms with Gasteiger partial charge in [-0.1, -0.05) is 6.92 Å². The van der Waals surface area contributed by atoms with Gasteiger partial charge >= 0.3 is 0 Å². The van der Waals surface area contributed by atoms with Crippen molar-refractivity contribution in [2.45, 2.75) is 26.3 Å². The summed E-state index contributed by atoms with van der Waals surface area (Å²) in [4.78, 5) is 15.5. The third-order valence-corrected chi connectivity index (χ3v) is 2.44. The molecule has 0 fully saturated rings. The van der Waals surface area contributed by atoms with Gasteiger partial charge in [0.15, 0.2) is 4.73 Å². The lowest BCUT2D eigenvalue weighted by Gasteiger charge is -2.12. The van der Waals surface area contributed by atoms with E-state index in [1.54, 1.807) is 6.92 Å². The molecule has 0 saturated heterocycles. The van der Waals surface area contributed by atoms with E-state index < -0.39 is 6.04 Å². The molecule has 0 aromatic carbocycles. The van der Waals surface area contributed by atoms with Crippen LogP contribution < -0.4 is 11.1 Å². The van der Waals surface area contributed by atoms with Crippen molar-refractivity contribution in [3.63, 3.8) is 0 Å². The minimum Gasteiger partial charge on any atom is -0.366 e. The second-order valence-corrected chi connectivity index (χ2v) is 3.86. The van der Waals surface area contributed by atoms with Gasteiger partial charge in [0.25, 0.3) is 0 Å². The maximum Gasteiger partial charge on any atom is 0.244 e.